The number of H-pyrrole nitrogens is 1. The Morgan fingerprint density at radius 1 is 1.19 bits per heavy atom. The first-order valence-corrected chi connectivity index (χ1v) is 12.8. The van der Waals surface area contributed by atoms with Gasteiger partial charge in [0.05, 0.1) is 11.5 Å². The molecule has 9 nitrogen and oxygen atoms in total. The van der Waals surface area contributed by atoms with Gasteiger partial charge in [-0.2, -0.15) is 0 Å². The Morgan fingerprint density at radius 3 is 2.50 bits per heavy atom. The van der Waals surface area contributed by atoms with E-state index < -0.39 is 21.8 Å². The predicted molar refractivity (Wildman–Crippen MR) is 122 cm³/mol. The van der Waals surface area contributed by atoms with Crippen molar-refractivity contribution >= 4 is 38.3 Å². The molecular weight excluding hydrogens is 432 g/mol. The first-order valence-electron chi connectivity index (χ1n) is 11.0. The number of hydrogen-bond acceptors (Lipinski definition) is 6. The Kier molecular flexibility index (Phi) is 6.28. The molecule has 10 heteroatoms. The summed E-state index contributed by atoms with van der Waals surface area (Å²) in [7, 11) is -2.95. The second kappa shape index (κ2) is 8.84. The number of amides is 1. The number of sulfone groups is 1. The highest BCUT2D eigenvalue weighted by Gasteiger charge is 2.37. The van der Waals surface area contributed by atoms with Crippen molar-refractivity contribution in [2.24, 2.45) is 5.92 Å². The standard InChI is InChI=1S/C22H30N4O5S/c1-14(2)21(27)24-15-3-4-19-17(11-15)18(12-23-19)20(22(28)29)26-8-6-25(7-9-26)16-5-10-32(30,31)13-16/h3-4,11-12,14,16,20,23H,5-10,13H2,1-2H3,(H,24,27)(H,28,29). The van der Waals surface area contributed by atoms with Crippen molar-refractivity contribution < 1.29 is 23.1 Å². The normalized spacial score (nSPS) is 22.9. The fraction of sp³-hybridized carbons (Fsp3) is 0.545. The fourth-order valence-corrected chi connectivity index (χ4v) is 6.40. The van der Waals surface area contributed by atoms with Crippen LogP contribution in [0.15, 0.2) is 24.4 Å². The molecule has 0 spiro atoms. The zero-order valence-electron chi connectivity index (χ0n) is 18.4. The molecule has 2 aliphatic rings. The number of nitrogens with one attached hydrogen (secondary N) is 2. The molecule has 1 aromatic heterocycles. The number of aromatic amines is 1. The summed E-state index contributed by atoms with van der Waals surface area (Å²) in [6.07, 6.45) is 2.38. The summed E-state index contributed by atoms with van der Waals surface area (Å²) in [5.74, 6) is -0.751. The van der Waals surface area contributed by atoms with Gasteiger partial charge >= 0.3 is 5.97 Å². The Hall–Kier alpha value is -2.43. The number of carboxylic acid groups (broad SMARTS) is 1. The van der Waals surface area contributed by atoms with E-state index in [0.717, 1.165) is 10.9 Å². The van der Waals surface area contributed by atoms with Crippen LogP contribution in [0.2, 0.25) is 0 Å². The third-order valence-corrected chi connectivity index (χ3v) is 8.22. The molecule has 0 aliphatic carbocycles. The van der Waals surface area contributed by atoms with E-state index in [-0.39, 0.29) is 29.4 Å². The third kappa shape index (κ3) is 4.67. The van der Waals surface area contributed by atoms with Crippen LogP contribution in [0.1, 0.15) is 31.9 Å². The Balaban J connectivity index is 1.53. The number of carboxylic acids is 1. The number of benzene rings is 1. The van der Waals surface area contributed by atoms with Crippen molar-refractivity contribution in [3.05, 3.63) is 30.0 Å². The van der Waals surface area contributed by atoms with Crippen LogP contribution in [0, 0.1) is 5.92 Å². The third-order valence-electron chi connectivity index (χ3n) is 6.47. The lowest BCUT2D eigenvalue weighted by Crippen LogP contribution is -2.52. The summed E-state index contributed by atoms with van der Waals surface area (Å²) < 4.78 is 23.6. The lowest BCUT2D eigenvalue weighted by Gasteiger charge is -2.40. The molecule has 4 rings (SSSR count). The average molecular weight is 463 g/mol. The summed E-state index contributed by atoms with van der Waals surface area (Å²) in [4.78, 5) is 31.6. The van der Waals surface area contributed by atoms with Gasteiger partial charge in [-0.25, -0.2) is 8.42 Å². The van der Waals surface area contributed by atoms with Crippen molar-refractivity contribution in [1.82, 2.24) is 14.8 Å². The number of aliphatic carboxylic acids is 1. The Morgan fingerprint density at radius 2 is 1.91 bits per heavy atom. The highest BCUT2D eigenvalue weighted by atomic mass is 32.2. The van der Waals surface area contributed by atoms with Gasteiger partial charge in [-0.1, -0.05) is 13.8 Å². The largest absolute Gasteiger partial charge is 0.480 e. The summed E-state index contributed by atoms with van der Waals surface area (Å²) in [6, 6.07) is 4.66. The van der Waals surface area contributed by atoms with E-state index in [2.05, 4.69) is 15.2 Å². The number of nitrogens with zero attached hydrogens (tertiary/aromatic N) is 2. The van der Waals surface area contributed by atoms with Crippen molar-refractivity contribution in [2.75, 3.05) is 43.0 Å². The van der Waals surface area contributed by atoms with E-state index in [0.29, 0.717) is 43.9 Å². The Labute approximate surface area is 187 Å². The van der Waals surface area contributed by atoms with Gasteiger partial charge in [-0.05, 0) is 24.6 Å². The first-order chi connectivity index (χ1) is 15.1. The second-order valence-corrected chi connectivity index (χ2v) is 11.2. The maximum Gasteiger partial charge on any atom is 0.325 e. The molecule has 1 aromatic carbocycles. The molecule has 2 aliphatic heterocycles. The number of rotatable bonds is 6. The zero-order chi connectivity index (χ0) is 23.0. The zero-order valence-corrected chi connectivity index (χ0v) is 19.2. The first kappa shape index (κ1) is 22.8. The van der Waals surface area contributed by atoms with Gasteiger partial charge < -0.3 is 15.4 Å². The van der Waals surface area contributed by atoms with Crippen LogP contribution in [0.3, 0.4) is 0 Å². The molecule has 2 unspecified atom stereocenters. The van der Waals surface area contributed by atoms with E-state index in [1.165, 1.54) is 0 Å². The lowest BCUT2D eigenvalue weighted by atomic mass is 10.0. The van der Waals surface area contributed by atoms with E-state index in [1.807, 2.05) is 30.9 Å². The molecule has 32 heavy (non-hydrogen) atoms. The quantitative estimate of drug-likeness (QED) is 0.597. The van der Waals surface area contributed by atoms with Crippen molar-refractivity contribution in [3.63, 3.8) is 0 Å². The van der Waals surface area contributed by atoms with Crippen LogP contribution >= 0.6 is 0 Å². The van der Waals surface area contributed by atoms with Gasteiger partial charge in [0, 0.05) is 66.5 Å². The van der Waals surface area contributed by atoms with Crippen molar-refractivity contribution in [3.8, 4) is 0 Å². The fourth-order valence-electron chi connectivity index (χ4n) is 4.64. The molecular formula is C22H30N4O5S. The maximum atomic E-state index is 12.3. The number of carbonyl (C=O) groups is 2. The van der Waals surface area contributed by atoms with E-state index in [1.54, 1.807) is 12.3 Å². The van der Waals surface area contributed by atoms with Crippen LogP contribution in [0.5, 0.6) is 0 Å². The van der Waals surface area contributed by atoms with Gasteiger partial charge in [-0.3, -0.25) is 19.4 Å². The van der Waals surface area contributed by atoms with E-state index in [9.17, 15) is 23.1 Å². The molecule has 174 valence electrons. The maximum absolute atomic E-state index is 12.3. The second-order valence-electron chi connectivity index (χ2n) is 9.02. The molecule has 1 amide bonds. The van der Waals surface area contributed by atoms with Gasteiger partial charge in [0.2, 0.25) is 5.91 Å². The monoisotopic (exact) mass is 462 g/mol. The van der Waals surface area contributed by atoms with E-state index >= 15 is 0 Å². The topological polar surface area (TPSA) is 123 Å². The van der Waals surface area contributed by atoms with Crippen LogP contribution in [0.25, 0.3) is 10.9 Å². The summed E-state index contributed by atoms with van der Waals surface area (Å²) >= 11 is 0. The highest BCUT2D eigenvalue weighted by Crippen LogP contribution is 2.32. The van der Waals surface area contributed by atoms with Crippen LogP contribution in [-0.2, 0) is 19.4 Å². The molecule has 2 saturated heterocycles. The van der Waals surface area contributed by atoms with Gasteiger partial charge in [0.1, 0.15) is 6.04 Å². The molecule has 2 fully saturated rings. The van der Waals surface area contributed by atoms with Crippen molar-refractivity contribution in [2.45, 2.75) is 32.4 Å². The predicted octanol–water partition coefficient (Wildman–Crippen LogP) is 1.69. The summed E-state index contributed by atoms with van der Waals surface area (Å²) in [6.45, 7) is 6.01. The molecule has 2 aromatic rings. The minimum atomic E-state index is -2.95. The SMILES string of the molecule is CC(C)C(=O)Nc1ccc2[nH]cc(C(C(=O)O)N3CCN(C4CCS(=O)(=O)C4)CC3)c2c1. The molecule has 0 bridgehead atoms. The highest BCUT2D eigenvalue weighted by molar-refractivity contribution is 7.91. The van der Waals surface area contributed by atoms with Crippen molar-refractivity contribution in [1.29, 1.82) is 0 Å². The van der Waals surface area contributed by atoms with Crippen LogP contribution in [-0.4, -0.2) is 83.9 Å². The number of piperazine rings is 1. The number of carbonyl (C=O) groups excluding carboxylic acids is 1. The molecule has 2 atom stereocenters. The van der Waals surface area contributed by atoms with Crippen LogP contribution in [0.4, 0.5) is 5.69 Å². The molecule has 0 saturated carbocycles. The number of hydrogen-bond donors (Lipinski definition) is 3. The van der Waals surface area contributed by atoms with Gasteiger partial charge in [0.25, 0.3) is 0 Å². The number of anilines is 1. The summed E-state index contributed by atoms with van der Waals surface area (Å²) in [5.41, 5.74) is 2.10. The average Bonchev–Trinajstić information content (AvgIpc) is 3.31. The lowest BCUT2D eigenvalue weighted by molar-refractivity contribution is -0.144. The molecule has 0 radical (unpaired) electrons. The summed E-state index contributed by atoms with van der Waals surface area (Å²) in [5, 5.41) is 13.7. The molecule has 3 heterocycles. The minimum Gasteiger partial charge on any atom is -0.480 e. The van der Waals surface area contributed by atoms with Gasteiger partial charge in [-0.15, -0.1) is 0 Å². The minimum absolute atomic E-state index is 0.0330. The molecule has 3 N–H and O–H groups in total. The Bertz CT molecular complexity index is 1120. The number of aromatic nitrogens is 1. The smallest absolute Gasteiger partial charge is 0.325 e. The van der Waals surface area contributed by atoms with Gasteiger partial charge in [0.15, 0.2) is 9.84 Å². The number of fused-ring (bicyclic) bond motifs is 1. The van der Waals surface area contributed by atoms with E-state index in [4.69, 9.17) is 0 Å². The van der Waals surface area contributed by atoms with Crippen LogP contribution < -0.4 is 5.32 Å².